The molecule has 3 heterocycles. The van der Waals surface area contributed by atoms with Gasteiger partial charge in [-0.25, -0.2) is 9.97 Å². The van der Waals surface area contributed by atoms with Gasteiger partial charge in [0.05, 0.1) is 11.0 Å². The molecule has 0 saturated carbocycles. The summed E-state index contributed by atoms with van der Waals surface area (Å²) in [6, 6.07) is 45.3. The first kappa shape index (κ1) is 21.8. The second-order valence-electron chi connectivity index (χ2n) is 10.2. The third kappa shape index (κ3) is 3.05. The Kier molecular flexibility index (Phi) is 4.48. The van der Waals surface area contributed by atoms with E-state index in [-0.39, 0.29) is 0 Å². The lowest BCUT2D eigenvalue weighted by molar-refractivity contribution is 1.09. The van der Waals surface area contributed by atoms with Crippen LogP contribution < -0.4 is 0 Å². The molecule has 9 aromatic rings. The number of benzene rings is 6. The third-order valence-corrected chi connectivity index (χ3v) is 9.03. The highest BCUT2D eigenvalue weighted by molar-refractivity contribution is 7.25. The molecule has 0 aliphatic heterocycles. The summed E-state index contributed by atoms with van der Waals surface area (Å²) < 4.78 is 3.54. The van der Waals surface area contributed by atoms with Crippen molar-refractivity contribution in [2.45, 2.75) is 0 Å². The zero-order valence-corrected chi connectivity index (χ0v) is 22.2. The molecule has 40 heavy (non-hydrogen) atoms. The van der Waals surface area contributed by atoms with Crippen molar-refractivity contribution in [2.75, 3.05) is 0 Å². The van der Waals surface area contributed by atoms with Crippen molar-refractivity contribution in [1.29, 1.82) is 0 Å². The predicted octanol–water partition coefficient (Wildman–Crippen LogP) is 9.91. The van der Waals surface area contributed by atoms with Crippen LogP contribution in [0.25, 0.3) is 80.9 Å². The standard InChI is InChI=1S/C36H21N3S/c1-2-11-23(12-3-1)33-35(37-34-27-16-8-9-17-31(27)40-36(34)38-33)39-29-19-18-22-10-6-7-15-26(22)32(29)28-20-24-13-4-5-14-25(24)21-30(28)39/h1-21H. The largest absolute Gasteiger partial charge is 0.292 e. The van der Waals surface area contributed by atoms with Crippen molar-refractivity contribution in [2.24, 2.45) is 0 Å². The van der Waals surface area contributed by atoms with Crippen LogP contribution in [0.2, 0.25) is 0 Å². The minimum absolute atomic E-state index is 0.854. The van der Waals surface area contributed by atoms with E-state index >= 15 is 0 Å². The Morgan fingerprint density at radius 1 is 0.525 bits per heavy atom. The van der Waals surface area contributed by atoms with Crippen molar-refractivity contribution >= 4 is 75.1 Å². The van der Waals surface area contributed by atoms with Gasteiger partial charge in [0.1, 0.15) is 16.0 Å². The maximum atomic E-state index is 5.45. The van der Waals surface area contributed by atoms with Crippen LogP contribution in [0.3, 0.4) is 0 Å². The van der Waals surface area contributed by atoms with Crippen LogP contribution in [0.1, 0.15) is 0 Å². The fourth-order valence-electron chi connectivity index (χ4n) is 6.16. The Hall–Kier alpha value is -5.06. The molecule has 0 aliphatic carbocycles. The molecule has 0 spiro atoms. The molecule has 0 saturated heterocycles. The van der Waals surface area contributed by atoms with Gasteiger partial charge in [0.2, 0.25) is 0 Å². The number of fused-ring (bicyclic) bond motifs is 9. The van der Waals surface area contributed by atoms with Crippen LogP contribution in [0.15, 0.2) is 127 Å². The molecule has 3 aromatic heterocycles. The van der Waals surface area contributed by atoms with Crippen molar-refractivity contribution < 1.29 is 0 Å². The van der Waals surface area contributed by atoms with Crippen LogP contribution in [-0.4, -0.2) is 14.5 Å². The first-order chi connectivity index (χ1) is 19.8. The van der Waals surface area contributed by atoms with E-state index in [1.165, 1.54) is 37.0 Å². The molecule has 0 atom stereocenters. The maximum Gasteiger partial charge on any atom is 0.165 e. The lowest BCUT2D eigenvalue weighted by atomic mass is 10.0. The Labute approximate surface area is 233 Å². The van der Waals surface area contributed by atoms with Gasteiger partial charge in [0.15, 0.2) is 5.82 Å². The zero-order chi connectivity index (χ0) is 26.2. The minimum atomic E-state index is 0.854. The van der Waals surface area contributed by atoms with Crippen LogP contribution in [-0.2, 0) is 0 Å². The van der Waals surface area contributed by atoms with E-state index in [0.717, 1.165) is 43.8 Å². The van der Waals surface area contributed by atoms with Crippen LogP contribution in [0, 0.1) is 0 Å². The summed E-state index contributed by atoms with van der Waals surface area (Å²) in [6.07, 6.45) is 0. The fourth-order valence-corrected chi connectivity index (χ4v) is 7.18. The average molecular weight is 528 g/mol. The molecular formula is C36H21N3S. The Bertz CT molecular complexity index is 2430. The topological polar surface area (TPSA) is 30.7 Å². The molecule has 0 aliphatic rings. The number of hydrogen-bond donors (Lipinski definition) is 0. The van der Waals surface area contributed by atoms with E-state index in [4.69, 9.17) is 9.97 Å². The van der Waals surface area contributed by atoms with Gasteiger partial charge in [-0.15, -0.1) is 11.3 Å². The summed E-state index contributed by atoms with van der Waals surface area (Å²) in [5.41, 5.74) is 5.16. The SMILES string of the molecule is c1ccc(-c2nc3sc4ccccc4c3nc2-n2c3cc4ccccc4cc3c3c4ccccc4ccc32)cc1. The van der Waals surface area contributed by atoms with E-state index < -0.39 is 0 Å². The van der Waals surface area contributed by atoms with E-state index in [2.05, 4.69) is 126 Å². The molecule has 0 N–H and O–H groups in total. The summed E-state index contributed by atoms with van der Waals surface area (Å²) in [5.74, 6) is 0.854. The predicted molar refractivity (Wildman–Crippen MR) is 170 cm³/mol. The Balaban J connectivity index is 1.52. The second-order valence-corrected chi connectivity index (χ2v) is 11.3. The molecule has 186 valence electrons. The quantitative estimate of drug-likeness (QED) is 0.224. The summed E-state index contributed by atoms with van der Waals surface area (Å²) in [7, 11) is 0. The van der Waals surface area contributed by atoms with Crippen LogP contribution in [0.5, 0.6) is 0 Å². The van der Waals surface area contributed by atoms with E-state index in [1.54, 1.807) is 11.3 Å². The minimum Gasteiger partial charge on any atom is -0.292 e. The number of rotatable bonds is 2. The van der Waals surface area contributed by atoms with Gasteiger partial charge >= 0.3 is 0 Å². The van der Waals surface area contributed by atoms with Gasteiger partial charge in [-0.3, -0.25) is 4.57 Å². The summed E-state index contributed by atoms with van der Waals surface area (Å²) in [6.45, 7) is 0. The van der Waals surface area contributed by atoms with Crippen molar-refractivity contribution in [3.8, 4) is 17.1 Å². The first-order valence-electron chi connectivity index (χ1n) is 13.4. The molecule has 0 unspecified atom stereocenters. The summed E-state index contributed by atoms with van der Waals surface area (Å²) in [4.78, 5) is 11.7. The lowest BCUT2D eigenvalue weighted by Gasteiger charge is -2.13. The summed E-state index contributed by atoms with van der Waals surface area (Å²) in [5, 5.41) is 8.53. The molecule has 0 bridgehead atoms. The van der Waals surface area contributed by atoms with E-state index in [9.17, 15) is 0 Å². The zero-order valence-electron chi connectivity index (χ0n) is 21.4. The molecule has 0 radical (unpaired) electrons. The highest BCUT2D eigenvalue weighted by atomic mass is 32.1. The van der Waals surface area contributed by atoms with E-state index in [0.29, 0.717) is 0 Å². The summed E-state index contributed by atoms with van der Waals surface area (Å²) >= 11 is 1.70. The van der Waals surface area contributed by atoms with E-state index in [1.807, 2.05) is 6.07 Å². The molecule has 0 fully saturated rings. The fraction of sp³-hybridized carbons (Fsp3) is 0. The molecule has 9 rings (SSSR count). The van der Waals surface area contributed by atoms with Crippen molar-refractivity contribution in [3.05, 3.63) is 127 Å². The van der Waals surface area contributed by atoms with Crippen molar-refractivity contribution in [1.82, 2.24) is 14.5 Å². The average Bonchev–Trinajstić information content (AvgIpc) is 3.54. The lowest BCUT2D eigenvalue weighted by Crippen LogP contribution is -2.03. The number of aromatic nitrogens is 3. The highest BCUT2D eigenvalue weighted by Crippen LogP contribution is 2.41. The van der Waals surface area contributed by atoms with Gasteiger partial charge in [-0.05, 0) is 45.8 Å². The van der Waals surface area contributed by atoms with Gasteiger partial charge in [0, 0.05) is 26.4 Å². The Morgan fingerprint density at radius 2 is 1.23 bits per heavy atom. The molecular weight excluding hydrogens is 506 g/mol. The molecule has 0 amide bonds. The number of hydrogen-bond acceptors (Lipinski definition) is 3. The molecule has 6 aromatic carbocycles. The number of nitrogens with zero attached hydrogens (tertiary/aromatic N) is 3. The third-order valence-electron chi connectivity index (χ3n) is 7.98. The maximum absolute atomic E-state index is 5.45. The second kappa shape index (κ2) is 8.22. The highest BCUT2D eigenvalue weighted by Gasteiger charge is 2.22. The van der Waals surface area contributed by atoms with Gasteiger partial charge < -0.3 is 0 Å². The number of thiophene rings is 1. The Morgan fingerprint density at radius 3 is 2.08 bits per heavy atom. The monoisotopic (exact) mass is 527 g/mol. The first-order valence-corrected chi connectivity index (χ1v) is 14.2. The normalized spacial score (nSPS) is 12.0. The van der Waals surface area contributed by atoms with Gasteiger partial charge in [-0.1, -0.05) is 103 Å². The van der Waals surface area contributed by atoms with Gasteiger partial charge in [-0.2, -0.15) is 0 Å². The van der Waals surface area contributed by atoms with Crippen LogP contribution in [0.4, 0.5) is 0 Å². The van der Waals surface area contributed by atoms with Crippen molar-refractivity contribution in [3.63, 3.8) is 0 Å². The van der Waals surface area contributed by atoms with Gasteiger partial charge in [0.25, 0.3) is 0 Å². The smallest absolute Gasteiger partial charge is 0.165 e. The van der Waals surface area contributed by atoms with Crippen LogP contribution >= 0.6 is 11.3 Å². The molecule has 4 heteroatoms. The molecule has 3 nitrogen and oxygen atoms in total.